The Morgan fingerprint density at radius 1 is 1.35 bits per heavy atom. The topological polar surface area (TPSA) is 55.6 Å². The zero-order valence-electron chi connectivity index (χ0n) is 10.5. The standard InChI is InChI=1S/C13H18N2O2/c1-8-7-12(9(2)6-10(8)14)17-11-4-5-15(3)13(11)16/h6-7,11H,4-5,14H2,1-3H3. The van der Waals surface area contributed by atoms with Crippen molar-refractivity contribution < 1.29 is 9.53 Å². The number of ether oxygens (including phenoxy) is 1. The molecule has 1 heterocycles. The minimum atomic E-state index is -0.346. The van der Waals surface area contributed by atoms with Crippen LogP contribution in [0.25, 0.3) is 0 Å². The van der Waals surface area contributed by atoms with E-state index in [1.54, 1.807) is 11.9 Å². The molecule has 1 unspecified atom stereocenters. The Morgan fingerprint density at radius 3 is 2.65 bits per heavy atom. The van der Waals surface area contributed by atoms with Crippen LogP contribution in [0.4, 0.5) is 5.69 Å². The monoisotopic (exact) mass is 234 g/mol. The van der Waals surface area contributed by atoms with Gasteiger partial charge in [0.1, 0.15) is 5.75 Å². The number of nitrogen functional groups attached to an aromatic ring is 1. The first-order valence-corrected chi connectivity index (χ1v) is 5.77. The molecule has 1 saturated heterocycles. The van der Waals surface area contributed by atoms with Gasteiger partial charge in [0.2, 0.25) is 0 Å². The number of nitrogens with two attached hydrogens (primary N) is 1. The van der Waals surface area contributed by atoms with E-state index < -0.39 is 0 Å². The first-order valence-electron chi connectivity index (χ1n) is 5.77. The van der Waals surface area contributed by atoms with Crippen LogP contribution in [0.3, 0.4) is 0 Å². The number of hydrogen-bond acceptors (Lipinski definition) is 3. The van der Waals surface area contributed by atoms with Gasteiger partial charge < -0.3 is 15.4 Å². The van der Waals surface area contributed by atoms with Crippen LogP contribution in [0.15, 0.2) is 12.1 Å². The zero-order chi connectivity index (χ0) is 12.6. The Kier molecular flexibility index (Phi) is 2.96. The van der Waals surface area contributed by atoms with Crippen molar-refractivity contribution in [3.05, 3.63) is 23.3 Å². The average molecular weight is 234 g/mol. The molecule has 1 fully saturated rings. The highest BCUT2D eigenvalue weighted by molar-refractivity contribution is 5.83. The van der Waals surface area contributed by atoms with E-state index in [2.05, 4.69) is 0 Å². The minimum absolute atomic E-state index is 0.0545. The summed E-state index contributed by atoms with van der Waals surface area (Å²) in [5.74, 6) is 0.809. The maximum atomic E-state index is 11.7. The number of carbonyl (C=O) groups excluding carboxylic acids is 1. The fourth-order valence-electron chi connectivity index (χ4n) is 1.99. The highest BCUT2D eigenvalue weighted by atomic mass is 16.5. The molecule has 2 rings (SSSR count). The van der Waals surface area contributed by atoms with Crippen molar-refractivity contribution in [1.82, 2.24) is 4.90 Å². The lowest BCUT2D eigenvalue weighted by Crippen LogP contribution is -2.29. The van der Waals surface area contributed by atoms with E-state index in [4.69, 9.17) is 10.5 Å². The van der Waals surface area contributed by atoms with Crippen LogP contribution in [0, 0.1) is 13.8 Å². The lowest BCUT2D eigenvalue weighted by atomic mass is 10.1. The summed E-state index contributed by atoms with van der Waals surface area (Å²) in [6, 6.07) is 3.78. The predicted octanol–water partition coefficient (Wildman–Crippen LogP) is 1.50. The number of likely N-dealkylation sites (tertiary alicyclic amines) is 1. The second-order valence-corrected chi connectivity index (χ2v) is 4.63. The van der Waals surface area contributed by atoms with Crippen molar-refractivity contribution >= 4 is 11.6 Å². The molecule has 1 aromatic carbocycles. The molecule has 1 amide bonds. The van der Waals surface area contributed by atoms with Crippen LogP contribution in [0.2, 0.25) is 0 Å². The molecule has 1 aliphatic heterocycles. The van der Waals surface area contributed by atoms with Gasteiger partial charge in [-0.2, -0.15) is 0 Å². The summed E-state index contributed by atoms with van der Waals surface area (Å²) < 4.78 is 5.78. The van der Waals surface area contributed by atoms with Crippen LogP contribution in [0.5, 0.6) is 5.75 Å². The Morgan fingerprint density at radius 2 is 2.06 bits per heavy atom. The largest absolute Gasteiger partial charge is 0.480 e. The van der Waals surface area contributed by atoms with Gasteiger partial charge in [-0.3, -0.25) is 4.79 Å². The predicted molar refractivity (Wildman–Crippen MR) is 67.0 cm³/mol. The van der Waals surface area contributed by atoms with Gasteiger partial charge in [0, 0.05) is 25.7 Å². The number of amides is 1. The van der Waals surface area contributed by atoms with Crippen LogP contribution < -0.4 is 10.5 Å². The Balaban J connectivity index is 2.19. The minimum Gasteiger partial charge on any atom is -0.480 e. The smallest absolute Gasteiger partial charge is 0.263 e. The van der Waals surface area contributed by atoms with E-state index in [1.165, 1.54) is 0 Å². The maximum Gasteiger partial charge on any atom is 0.263 e. The highest BCUT2D eigenvalue weighted by Gasteiger charge is 2.31. The van der Waals surface area contributed by atoms with Gasteiger partial charge in [0.25, 0.3) is 5.91 Å². The molecule has 1 aliphatic rings. The van der Waals surface area contributed by atoms with Crippen LogP contribution in [-0.4, -0.2) is 30.5 Å². The number of rotatable bonds is 2. The van der Waals surface area contributed by atoms with Crippen molar-refractivity contribution in [3.8, 4) is 5.75 Å². The average Bonchev–Trinajstić information content (AvgIpc) is 2.58. The van der Waals surface area contributed by atoms with Gasteiger partial charge in [-0.1, -0.05) is 0 Å². The van der Waals surface area contributed by atoms with Gasteiger partial charge in [0.05, 0.1) is 0 Å². The second kappa shape index (κ2) is 4.28. The quantitative estimate of drug-likeness (QED) is 0.789. The zero-order valence-corrected chi connectivity index (χ0v) is 10.5. The SMILES string of the molecule is Cc1cc(OC2CCN(C)C2=O)c(C)cc1N. The Bertz CT molecular complexity index is 457. The molecular weight excluding hydrogens is 216 g/mol. The van der Waals surface area contributed by atoms with E-state index in [9.17, 15) is 4.79 Å². The fraction of sp³-hybridized carbons (Fsp3) is 0.462. The van der Waals surface area contributed by atoms with Gasteiger partial charge in [0.15, 0.2) is 6.10 Å². The molecule has 0 spiro atoms. The molecule has 92 valence electrons. The first kappa shape index (κ1) is 11.8. The first-order chi connectivity index (χ1) is 7.99. The number of benzene rings is 1. The van der Waals surface area contributed by atoms with Crippen molar-refractivity contribution in [3.63, 3.8) is 0 Å². The number of carbonyl (C=O) groups is 1. The normalized spacial score (nSPS) is 19.8. The number of likely N-dealkylation sites (N-methyl/N-ethyl adjacent to an activating group) is 1. The van der Waals surface area contributed by atoms with Gasteiger partial charge >= 0.3 is 0 Å². The van der Waals surface area contributed by atoms with Crippen LogP contribution in [-0.2, 0) is 4.79 Å². The van der Waals surface area contributed by atoms with Crippen molar-refractivity contribution in [1.29, 1.82) is 0 Å². The summed E-state index contributed by atoms with van der Waals surface area (Å²) in [4.78, 5) is 13.4. The third-order valence-electron chi connectivity index (χ3n) is 3.21. The molecule has 4 heteroatoms. The number of nitrogens with zero attached hydrogens (tertiary/aromatic N) is 1. The van der Waals surface area contributed by atoms with E-state index in [-0.39, 0.29) is 12.0 Å². The molecular formula is C13H18N2O2. The molecule has 0 radical (unpaired) electrons. The van der Waals surface area contributed by atoms with E-state index in [1.807, 2.05) is 26.0 Å². The van der Waals surface area contributed by atoms with Crippen molar-refractivity contribution in [2.24, 2.45) is 0 Å². The summed E-state index contributed by atoms with van der Waals surface area (Å²) in [6.07, 6.45) is 0.403. The van der Waals surface area contributed by atoms with E-state index in [0.717, 1.165) is 35.5 Å². The highest BCUT2D eigenvalue weighted by Crippen LogP contribution is 2.27. The maximum absolute atomic E-state index is 11.7. The lowest BCUT2D eigenvalue weighted by Gasteiger charge is -2.16. The van der Waals surface area contributed by atoms with Gasteiger partial charge in [-0.15, -0.1) is 0 Å². The van der Waals surface area contributed by atoms with Crippen molar-refractivity contribution in [2.75, 3.05) is 19.3 Å². The number of anilines is 1. The molecule has 0 aliphatic carbocycles. The van der Waals surface area contributed by atoms with E-state index >= 15 is 0 Å². The molecule has 0 saturated carbocycles. The molecule has 1 atom stereocenters. The summed E-state index contributed by atoms with van der Waals surface area (Å²) >= 11 is 0. The van der Waals surface area contributed by atoms with Gasteiger partial charge in [-0.25, -0.2) is 0 Å². The lowest BCUT2D eigenvalue weighted by molar-refractivity contribution is -0.132. The third-order valence-corrected chi connectivity index (χ3v) is 3.21. The van der Waals surface area contributed by atoms with Crippen LogP contribution in [0.1, 0.15) is 17.5 Å². The molecule has 1 aromatic rings. The van der Waals surface area contributed by atoms with Gasteiger partial charge in [-0.05, 0) is 37.1 Å². The number of aryl methyl sites for hydroxylation is 2. The summed E-state index contributed by atoms with van der Waals surface area (Å²) in [5.41, 5.74) is 8.52. The summed E-state index contributed by atoms with van der Waals surface area (Å²) in [6.45, 7) is 4.63. The Labute approximate surface area is 101 Å². The third kappa shape index (κ3) is 2.20. The number of hydrogen-bond donors (Lipinski definition) is 1. The Hall–Kier alpha value is -1.71. The fourth-order valence-corrected chi connectivity index (χ4v) is 1.99. The van der Waals surface area contributed by atoms with Crippen LogP contribution >= 0.6 is 0 Å². The second-order valence-electron chi connectivity index (χ2n) is 4.63. The summed E-state index contributed by atoms with van der Waals surface area (Å²) in [5, 5.41) is 0. The molecule has 17 heavy (non-hydrogen) atoms. The van der Waals surface area contributed by atoms with Crippen molar-refractivity contribution in [2.45, 2.75) is 26.4 Å². The summed E-state index contributed by atoms with van der Waals surface area (Å²) in [7, 11) is 1.80. The molecule has 4 nitrogen and oxygen atoms in total. The molecule has 0 aromatic heterocycles. The molecule has 2 N–H and O–H groups in total. The molecule has 0 bridgehead atoms. The van der Waals surface area contributed by atoms with E-state index in [0.29, 0.717) is 0 Å².